The van der Waals surface area contributed by atoms with Gasteiger partial charge in [0.1, 0.15) is 5.82 Å². The van der Waals surface area contributed by atoms with Crippen LogP contribution in [-0.2, 0) is 11.2 Å². The first-order chi connectivity index (χ1) is 11.5. The quantitative estimate of drug-likeness (QED) is 0.903. The van der Waals surface area contributed by atoms with Crippen molar-refractivity contribution in [3.63, 3.8) is 0 Å². The van der Waals surface area contributed by atoms with E-state index < -0.39 is 0 Å². The van der Waals surface area contributed by atoms with Crippen molar-refractivity contribution in [1.82, 2.24) is 9.88 Å². The van der Waals surface area contributed by atoms with Crippen molar-refractivity contribution in [3.8, 4) is 0 Å². The molecule has 0 spiro atoms. The number of nitrogens with one attached hydrogen (secondary N) is 1. The van der Waals surface area contributed by atoms with Crippen LogP contribution >= 0.6 is 0 Å². The number of carbonyl (C=O) groups excluding carboxylic acids is 1. The number of aromatic nitrogens is 1. The van der Waals surface area contributed by atoms with Crippen LogP contribution in [0.1, 0.15) is 37.4 Å². The molecular weight excluding hydrogens is 307 g/mol. The number of aromatic amines is 1. The summed E-state index contributed by atoms with van der Waals surface area (Å²) in [6.07, 6.45) is 2.90. The molecule has 2 N–H and O–H groups in total. The molecule has 1 fully saturated rings. The molecule has 0 saturated carbocycles. The highest BCUT2D eigenvalue weighted by atomic mass is 19.1. The summed E-state index contributed by atoms with van der Waals surface area (Å²) in [5.41, 5.74) is 2.63. The Morgan fingerprint density at radius 3 is 2.71 bits per heavy atom. The van der Waals surface area contributed by atoms with Crippen LogP contribution in [0, 0.1) is 18.2 Å². The summed E-state index contributed by atoms with van der Waals surface area (Å²) < 4.78 is 13.5. The maximum absolute atomic E-state index is 13.5. The molecule has 1 amide bonds. The van der Waals surface area contributed by atoms with Gasteiger partial charge in [0, 0.05) is 36.3 Å². The lowest BCUT2D eigenvalue weighted by Gasteiger charge is -2.40. The zero-order chi connectivity index (χ0) is 17.3. The summed E-state index contributed by atoms with van der Waals surface area (Å²) in [7, 11) is 0. The van der Waals surface area contributed by atoms with Gasteiger partial charge < -0.3 is 15.0 Å². The maximum Gasteiger partial charge on any atom is 0.227 e. The lowest BCUT2D eigenvalue weighted by Crippen LogP contribution is -2.45. The van der Waals surface area contributed by atoms with Crippen molar-refractivity contribution in [2.24, 2.45) is 5.41 Å². The molecule has 1 aliphatic rings. The first-order valence-corrected chi connectivity index (χ1v) is 8.63. The normalized spacial score (nSPS) is 17.4. The van der Waals surface area contributed by atoms with Gasteiger partial charge in [-0.1, -0.05) is 6.92 Å². The Morgan fingerprint density at radius 2 is 2.08 bits per heavy atom. The number of H-pyrrole nitrogens is 1. The number of aryl methyl sites for hydroxylation is 1. The summed E-state index contributed by atoms with van der Waals surface area (Å²) in [5, 5.41) is 10.4. The molecule has 0 aliphatic carbocycles. The molecule has 1 saturated heterocycles. The van der Waals surface area contributed by atoms with Crippen LogP contribution in [0.4, 0.5) is 4.39 Å². The van der Waals surface area contributed by atoms with Crippen LogP contribution in [-0.4, -0.2) is 40.6 Å². The third-order valence-electron chi connectivity index (χ3n) is 5.67. The van der Waals surface area contributed by atoms with E-state index in [9.17, 15) is 14.3 Å². The maximum atomic E-state index is 13.5. The summed E-state index contributed by atoms with van der Waals surface area (Å²) >= 11 is 0. The Balaban J connectivity index is 1.74. The molecule has 0 radical (unpaired) electrons. The molecule has 0 atom stereocenters. The molecule has 2 heterocycles. The van der Waals surface area contributed by atoms with Gasteiger partial charge in [-0.15, -0.1) is 0 Å². The van der Waals surface area contributed by atoms with Crippen LogP contribution < -0.4 is 0 Å². The highest BCUT2D eigenvalue weighted by Crippen LogP contribution is 2.34. The number of benzene rings is 1. The Morgan fingerprint density at radius 1 is 1.38 bits per heavy atom. The molecule has 0 unspecified atom stereocenters. The number of aliphatic hydroxyl groups is 1. The topological polar surface area (TPSA) is 56.3 Å². The van der Waals surface area contributed by atoms with Crippen molar-refractivity contribution in [2.45, 2.75) is 39.5 Å². The summed E-state index contributed by atoms with van der Waals surface area (Å²) in [6, 6.07) is 4.63. The van der Waals surface area contributed by atoms with Crippen LogP contribution in [0.2, 0.25) is 0 Å². The van der Waals surface area contributed by atoms with E-state index in [1.807, 2.05) is 11.8 Å². The summed E-state index contributed by atoms with van der Waals surface area (Å²) in [4.78, 5) is 17.8. The average molecular weight is 332 g/mol. The minimum absolute atomic E-state index is 0.0311. The zero-order valence-corrected chi connectivity index (χ0v) is 14.4. The smallest absolute Gasteiger partial charge is 0.227 e. The summed E-state index contributed by atoms with van der Waals surface area (Å²) in [5.74, 6) is -0.213. The fraction of sp³-hybridized carbons (Fsp3) is 0.526. The van der Waals surface area contributed by atoms with Gasteiger partial charge in [0.2, 0.25) is 5.91 Å². The van der Waals surface area contributed by atoms with Crippen LogP contribution in [0.25, 0.3) is 10.9 Å². The third-order valence-corrected chi connectivity index (χ3v) is 5.67. The number of halogens is 1. The number of aliphatic hydroxyl groups excluding tert-OH is 1. The number of hydrogen-bond donors (Lipinski definition) is 2. The van der Waals surface area contributed by atoms with Crippen molar-refractivity contribution >= 4 is 16.8 Å². The largest absolute Gasteiger partial charge is 0.396 e. The molecule has 1 aromatic carbocycles. The van der Waals surface area contributed by atoms with Crippen molar-refractivity contribution in [2.75, 3.05) is 19.7 Å². The minimum atomic E-state index is -0.288. The van der Waals surface area contributed by atoms with E-state index in [1.165, 1.54) is 12.1 Å². The Hall–Kier alpha value is -1.88. The fourth-order valence-corrected chi connectivity index (χ4v) is 3.70. The lowest BCUT2D eigenvalue weighted by molar-refractivity contribution is -0.133. The molecule has 1 aliphatic heterocycles. The van der Waals surface area contributed by atoms with E-state index >= 15 is 0 Å². The highest BCUT2D eigenvalue weighted by Gasteiger charge is 2.34. The number of likely N-dealkylation sites (tertiary alicyclic amines) is 1. The van der Waals surface area contributed by atoms with E-state index in [1.54, 1.807) is 6.07 Å². The van der Waals surface area contributed by atoms with Gasteiger partial charge in [0.25, 0.3) is 0 Å². The highest BCUT2D eigenvalue weighted by molar-refractivity contribution is 5.90. The van der Waals surface area contributed by atoms with Gasteiger partial charge in [0.05, 0.1) is 6.42 Å². The first kappa shape index (κ1) is 17.0. The molecule has 24 heavy (non-hydrogen) atoms. The first-order valence-electron chi connectivity index (χ1n) is 8.63. The molecule has 2 aromatic rings. The van der Waals surface area contributed by atoms with Gasteiger partial charge in [-0.2, -0.15) is 0 Å². The van der Waals surface area contributed by atoms with Gasteiger partial charge in [-0.25, -0.2) is 4.39 Å². The van der Waals surface area contributed by atoms with E-state index in [4.69, 9.17) is 0 Å². The van der Waals surface area contributed by atoms with E-state index in [0.717, 1.165) is 41.4 Å². The van der Waals surface area contributed by atoms with E-state index in [-0.39, 0.29) is 30.2 Å². The SMILES string of the molecule is CCC1(CO)CCN(C(=O)Cc2c(C)[nH]c3ccc(F)cc23)CC1. The van der Waals surface area contributed by atoms with Crippen molar-refractivity contribution < 1.29 is 14.3 Å². The standard InChI is InChI=1S/C19H25FN2O2/c1-3-19(12-23)6-8-22(9-7-19)18(24)11-15-13(2)21-17-5-4-14(20)10-16(15)17/h4-5,10,21,23H,3,6-9,11-12H2,1-2H3. The van der Waals surface area contributed by atoms with Gasteiger partial charge >= 0.3 is 0 Å². The lowest BCUT2D eigenvalue weighted by atomic mass is 9.77. The predicted octanol–water partition coefficient (Wildman–Crippen LogP) is 3.17. The van der Waals surface area contributed by atoms with Gasteiger partial charge in [-0.3, -0.25) is 4.79 Å². The average Bonchev–Trinajstić information content (AvgIpc) is 2.90. The number of carbonyl (C=O) groups is 1. The van der Waals surface area contributed by atoms with Crippen molar-refractivity contribution in [1.29, 1.82) is 0 Å². The second-order valence-corrected chi connectivity index (χ2v) is 6.99. The zero-order valence-electron chi connectivity index (χ0n) is 14.4. The van der Waals surface area contributed by atoms with Crippen LogP contribution in [0.3, 0.4) is 0 Å². The second-order valence-electron chi connectivity index (χ2n) is 6.99. The number of rotatable bonds is 4. The van der Waals surface area contributed by atoms with E-state index in [0.29, 0.717) is 13.1 Å². The molecule has 0 bridgehead atoms. The molecule has 1 aromatic heterocycles. The monoisotopic (exact) mass is 332 g/mol. The molecule has 130 valence electrons. The fourth-order valence-electron chi connectivity index (χ4n) is 3.70. The Labute approximate surface area is 141 Å². The molecular formula is C19H25FN2O2. The van der Waals surface area contributed by atoms with Crippen LogP contribution in [0.15, 0.2) is 18.2 Å². The second kappa shape index (κ2) is 6.55. The van der Waals surface area contributed by atoms with E-state index in [2.05, 4.69) is 11.9 Å². The molecule has 5 heteroatoms. The number of hydrogen-bond acceptors (Lipinski definition) is 2. The Kier molecular flexibility index (Phi) is 4.63. The minimum Gasteiger partial charge on any atom is -0.396 e. The number of fused-ring (bicyclic) bond motifs is 1. The number of amides is 1. The molecule has 4 nitrogen and oxygen atoms in total. The molecule has 3 rings (SSSR count). The summed E-state index contributed by atoms with van der Waals surface area (Å²) in [6.45, 7) is 5.57. The van der Waals surface area contributed by atoms with Crippen molar-refractivity contribution in [3.05, 3.63) is 35.3 Å². The number of nitrogens with zero attached hydrogens (tertiary/aromatic N) is 1. The van der Waals surface area contributed by atoms with Gasteiger partial charge in [-0.05, 0) is 55.4 Å². The Bertz CT molecular complexity index is 739. The number of piperidine rings is 1. The third kappa shape index (κ3) is 3.05. The predicted molar refractivity (Wildman–Crippen MR) is 92.3 cm³/mol. The van der Waals surface area contributed by atoms with Crippen LogP contribution in [0.5, 0.6) is 0 Å². The van der Waals surface area contributed by atoms with Gasteiger partial charge in [0.15, 0.2) is 0 Å².